The molecule has 0 aliphatic rings. The average Bonchev–Trinajstić information content (AvgIpc) is 2.37. The Labute approximate surface area is 120 Å². The summed E-state index contributed by atoms with van der Waals surface area (Å²) in [4.78, 5) is 22.8. The minimum absolute atomic E-state index is 0.210. The second-order valence-electron chi connectivity index (χ2n) is 4.68. The van der Waals surface area contributed by atoms with Gasteiger partial charge in [-0.05, 0) is 12.0 Å². The van der Waals surface area contributed by atoms with Gasteiger partial charge in [-0.2, -0.15) is 13.2 Å². The van der Waals surface area contributed by atoms with Crippen LogP contribution in [0.4, 0.5) is 13.2 Å². The third-order valence-electron chi connectivity index (χ3n) is 2.83. The number of carbonyl (C=O) groups is 2. The summed E-state index contributed by atoms with van der Waals surface area (Å²) in [6.45, 7) is 0. The Morgan fingerprint density at radius 3 is 2.33 bits per heavy atom. The molecular weight excluding hydrogens is 285 g/mol. The number of nitrogens with one attached hydrogen (secondary N) is 1. The lowest BCUT2D eigenvalue weighted by atomic mass is 10.1. The van der Waals surface area contributed by atoms with Crippen molar-refractivity contribution >= 4 is 11.8 Å². The maximum Gasteiger partial charge on any atom is 0.389 e. The van der Waals surface area contributed by atoms with Crippen LogP contribution in [-0.4, -0.2) is 24.0 Å². The third kappa shape index (κ3) is 7.34. The van der Waals surface area contributed by atoms with Gasteiger partial charge < -0.3 is 11.1 Å². The SMILES string of the molecule is NC(=O)[C@@H](Cc1ccccc1)NC(=O)CCCC(F)(F)F. The first kappa shape index (κ1) is 17.0. The highest BCUT2D eigenvalue weighted by Crippen LogP contribution is 2.22. The fourth-order valence-corrected chi connectivity index (χ4v) is 1.79. The van der Waals surface area contributed by atoms with Gasteiger partial charge in [0.2, 0.25) is 11.8 Å². The van der Waals surface area contributed by atoms with Crippen LogP contribution >= 0.6 is 0 Å². The molecule has 0 unspecified atom stereocenters. The Hall–Kier alpha value is -2.05. The van der Waals surface area contributed by atoms with Crippen LogP contribution in [0.2, 0.25) is 0 Å². The molecule has 4 nitrogen and oxygen atoms in total. The van der Waals surface area contributed by atoms with E-state index >= 15 is 0 Å². The van der Waals surface area contributed by atoms with E-state index in [0.717, 1.165) is 5.56 Å². The van der Waals surface area contributed by atoms with E-state index < -0.39 is 30.5 Å². The zero-order chi connectivity index (χ0) is 15.9. The lowest BCUT2D eigenvalue weighted by Gasteiger charge is -2.15. The van der Waals surface area contributed by atoms with E-state index in [0.29, 0.717) is 0 Å². The second kappa shape index (κ2) is 7.66. The van der Waals surface area contributed by atoms with Crippen LogP contribution in [0.3, 0.4) is 0 Å². The number of halogens is 3. The molecule has 2 amide bonds. The minimum atomic E-state index is -4.28. The highest BCUT2D eigenvalue weighted by molar-refractivity contribution is 5.86. The predicted octanol–water partition coefficient (Wildman–Crippen LogP) is 1.93. The Bertz CT molecular complexity index is 475. The fraction of sp³-hybridized carbons (Fsp3) is 0.429. The van der Waals surface area contributed by atoms with Gasteiger partial charge in [0.15, 0.2) is 0 Å². The molecule has 1 aromatic carbocycles. The standard InChI is InChI=1S/C14H17F3N2O2/c15-14(16,17)8-4-7-12(20)19-11(13(18)21)9-10-5-2-1-3-6-10/h1-3,5-6,11H,4,7-9H2,(H2,18,21)(H,19,20)/t11-/m1/s1. The van der Waals surface area contributed by atoms with E-state index in [1.807, 2.05) is 0 Å². The molecule has 0 saturated carbocycles. The number of carbonyl (C=O) groups excluding carboxylic acids is 2. The number of rotatable bonds is 7. The average molecular weight is 302 g/mol. The maximum absolute atomic E-state index is 12.0. The molecule has 0 radical (unpaired) electrons. The zero-order valence-electron chi connectivity index (χ0n) is 11.3. The molecule has 0 aromatic heterocycles. The molecule has 0 fully saturated rings. The third-order valence-corrected chi connectivity index (χ3v) is 2.83. The normalized spacial score (nSPS) is 12.7. The van der Waals surface area contributed by atoms with Crippen molar-refractivity contribution in [3.63, 3.8) is 0 Å². The van der Waals surface area contributed by atoms with Gasteiger partial charge in [0.1, 0.15) is 6.04 Å². The lowest BCUT2D eigenvalue weighted by Crippen LogP contribution is -2.45. The Kier molecular flexibility index (Phi) is 6.20. The Balaban J connectivity index is 2.47. The fourth-order valence-electron chi connectivity index (χ4n) is 1.79. The van der Waals surface area contributed by atoms with Crippen LogP contribution in [0, 0.1) is 0 Å². The Morgan fingerprint density at radius 1 is 1.19 bits per heavy atom. The van der Waals surface area contributed by atoms with Crippen LogP contribution in [0.5, 0.6) is 0 Å². The molecule has 0 aliphatic carbocycles. The number of primary amides is 1. The summed E-state index contributed by atoms with van der Waals surface area (Å²) in [6, 6.07) is 7.97. The molecule has 0 spiro atoms. The van der Waals surface area contributed by atoms with Crippen LogP contribution in [0.25, 0.3) is 0 Å². The largest absolute Gasteiger partial charge is 0.389 e. The van der Waals surface area contributed by atoms with E-state index in [1.54, 1.807) is 30.3 Å². The van der Waals surface area contributed by atoms with Crippen molar-refractivity contribution in [3.05, 3.63) is 35.9 Å². The Morgan fingerprint density at radius 2 is 1.81 bits per heavy atom. The van der Waals surface area contributed by atoms with E-state index in [-0.39, 0.29) is 19.3 Å². The monoisotopic (exact) mass is 302 g/mol. The number of alkyl halides is 3. The van der Waals surface area contributed by atoms with Crippen LogP contribution in [0.1, 0.15) is 24.8 Å². The van der Waals surface area contributed by atoms with E-state index in [1.165, 1.54) is 0 Å². The van der Waals surface area contributed by atoms with Crippen molar-refractivity contribution in [3.8, 4) is 0 Å². The molecule has 7 heteroatoms. The van der Waals surface area contributed by atoms with Crippen molar-refractivity contribution in [1.82, 2.24) is 5.32 Å². The predicted molar refractivity (Wildman–Crippen MR) is 71.2 cm³/mol. The molecular formula is C14H17F3N2O2. The molecule has 0 bridgehead atoms. The van der Waals surface area contributed by atoms with E-state index in [2.05, 4.69) is 5.32 Å². The minimum Gasteiger partial charge on any atom is -0.368 e. The summed E-state index contributed by atoms with van der Waals surface area (Å²) in [7, 11) is 0. The topological polar surface area (TPSA) is 72.2 Å². The quantitative estimate of drug-likeness (QED) is 0.808. The number of benzene rings is 1. The highest BCUT2D eigenvalue weighted by atomic mass is 19.4. The molecule has 0 heterocycles. The molecule has 0 aliphatic heterocycles. The van der Waals surface area contributed by atoms with Crippen LogP contribution in [0.15, 0.2) is 30.3 Å². The number of amides is 2. The molecule has 1 atom stereocenters. The first-order chi connectivity index (χ1) is 9.78. The van der Waals surface area contributed by atoms with Crippen molar-refractivity contribution in [1.29, 1.82) is 0 Å². The number of hydrogen-bond donors (Lipinski definition) is 2. The van der Waals surface area contributed by atoms with Crippen molar-refractivity contribution in [2.75, 3.05) is 0 Å². The van der Waals surface area contributed by atoms with Gasteiger partial charge >= 0.3 is 6.18 Å². The summed E-state index contributed by atoms with van der Waals surface area (Å²) >= 11 is 0. The van der Waals surface area contributed by atoms with E-state index in [9.17, 15) is 22.8 Å². The smallest absolute Gasteiger partial charge is 0.368 e. The van der Waals surface area contributed by atoms with Crippen molar-refractivity contribution < 1.29 is 22.8 Å². The first-order valence-electron chi connectivity index (χ1n) is 6.47. The summed E-state index contributed by atoms with van der Waals surface area (Å²) in [5.74, 6) is -1.33. The number of hydrogen-bond acceptors (Lipinski definition) is 2. The molecule has 1 aromatic rings. The van der Waals surface area contributed by atoms with Crippen LogP contribution in [-0.2, 0) is 16.0 Å². The highest BCUT2D eigenvalue weighted by Gasteiger charge is 2.27. The van der Waals surface area contributed by atoms with Gasteiger partial charge in [-0.25, -0.2) is 0 Å². The molecule has 1 rings (SSSR count). The van der Waals surface area contributed by atoms with Crippen molar-refractivity contribution in [2.24, 2.45) is 5.73 Å². The van der Waals surface area contributed by atoms with Gasteiger partial charge in [0, 0.05) is 19.3 Å². The van der Waals surface area contributed by atoms with Gasteiger partial charge in [-0.15, -0.1) is 0 Å². The molecule has 3 N–H and O–H groups in total. The maximum atomic E-state index is 12.0. The van der Waals surface area contributed by atoms with E-state index in [4.69, 9.17) is 5.73 Å². The van der Waals surface area contributed by atoms with Gasteiger partial charge in [0.25, 0.3) is 0 Å². The lowest BCUT2D eigenvalue weighted by molar-refractivity contribution is -0.138. The summed E-state index contributed by atoms with van der Waals surface area (Å²) in [6.07, 6.45) is -5.71. The summed E-state index contributed by atoms with van der Waals surface area (Å²) < 4.78 is 35.9. The zero-order valence-corrected chi connectivity index (χ0v) is 11.3. The second-order valence-corrected chi connectivity index (χ2v) is 4.68. The number of nitrogens with two attached hydrogens (primary N) is 1. The first-order valence-corrected chi connectivity index (χ1v) is 6.47. The molecule has 21 heavy (non-hydrogen) atoms. The molecule has 116 valence electrons. The summed E-state index contributed by atoms with van der Waals surface area (Å²) in [5, 5.41) is 2.37. The van der Waals surface area contributed by atoms with Gasteiger partial charge in [-0.1, -0.05) is 30.3 Å². The molecule has 0 saturated heterocycles. The van der Waals surface area contributed by atoms with Crippen molar-refractivity contribution in [2.45, 2.75) is 37.9 Å². The van der Waals surface area contributed by atoms with Crippen LogP contribution < -0.4 is 11.1 Å². The van der Waals surface area contributed by atoms with Gasteiger partial charge in [-0.3, -0.25) is 9.59 Å². The van der Waals surface area contributed by atoms with Gasteiger partial charge in [0.05, 0.1) is 0 Å². The summed E-state index contributed by atoms with van der Waals surface area (Å²) in [5.41, 5.74) is 6.00.